The van der Waals surface area contributed by atoms with Crippen molar-refractivity contribution in [1.29, 1.82) is 0 Å². The summed E-state index contributed by atoms with van der Waals surface area (Å²) in [4.78, 5) is 14.1. The average Bonchev–Trinajstić information content (AvgIpc) is 2.99. The topological polar surface area (TPSA) is 57.7 Å². The summed E-state index contributed by atoms with van der Waals surface area (Å²) < 4.78 is 38.6. The van der Waals surface area contributed by atoms with Crippen LogP contribution in [0, 0.1) is 5.82 Å². The number of rotatable bonds is 4. The van der Waals surface area contributed by atoms with Crippen LogP contribution in [0.1, 0.15) is 21.5 Å². The van der Waals surface area contributed by atoms with Gasteiger partial charge in [0.2, 0.25) is 10.0 Å². The average molecular weight is 362 g/mol. The highest BCUT2D eigenvalue weighted by Crippen LogP contribution is 2.31. The van der Waals surface area contributed by atoms with Crippen LogP contribution in [-0.2, 0) is 23.0 Å². The number of hydrogen-bond acceptors (Lipinski definition) is 3. The largest absolute Gasteiger partial charge is 0.337 e. The summed E-state index contributed by atoms with van der Waals surface area (Å²) in [7, 11) is -1.70. The van der Waals surface area contributed by atoms with E-state index in [1.807, 2.05) is 0 Å². The van der Waals surface area contributed by atoms with Crippen molar-refractivity contribution in [1.82, 2.24) is 4.90 Å². The molecule has 2 aromatic carbocycles. The third-order valence-electron chi connectivity index (χ3n) is 4.29. The molecule has 1 aliphatic heterocycles. The Morgan fingerprint density at radius 2 is 1.96 bits per heavy atom. The molecule has 1 aliphatic rings. The fraction of sp³-hybridized carbons (Fsp3) is 0.278. The van der Waals surface area contributed by atoms with Crippen molar-refractivity contribution in [2.75, 3.05) is 24.2 Å². The van der Waals surface area contributed by atoms with E-state index >= 15 is 0 Å². The number of fused-ring (bicyclic) bond motifs is 1. The van der Waals surface area contributed by atoms with Gasteiger partial charge in [-0.15, -0.1) is 0 Å². The summed E-state index contributed by atoms with van der Waals surface area (Å²) in [5, 5.41) is 0. The molecule has 2 aromatic rings. The van der Waals surface area contributed by atoms with Gasteiger partial charge in [-0.1, -0.05) is 18.2 Å². The fourth-order valence-electron chi connectivity index (χ4n) is 3.02. The maximum Gasteiger partial charge on any atom is 0.253 e. The van der Waals surface area contributed by atoms with Crippen molar-refractivity contribution in [2.45, 2.75) is 13.0 Å². The molecule has 1 heterocycles. The lowest BCUT2D eigenvalue weighted by molar-refractivity contribution is 0.0784. The van der Waals surface area contributed by atoms with Gasteiger partial charge in [-0.05, 0) is 36.2 Å². The number of carbonyl (C=O) groups excluding carboxylic acids is 1. The molecule has 25 heavy (non-hydrogen) atoms. The third-order valence-corrected chi connectivity index (χ3v) is 5.47. The van der Waals surface area contributed by atoms with E-state index in [1.54, 1.807) is 43.4 Å². The van der Waals surface area contributed by atoms with Crippen molar-refractivity contribution in [2.24, 2.45) is 0 Å². The quantitative estimate of drug-likeness (QED) is 0.839. The van der Waals surface area contributed by atoms with Crippen molar-refractivity contribution in [3.05, 3.63) is 65.0 Å². The Balaban J connectivity index is 1.81. The predicted octanol–water partition coefficient (Wildman–Crippen LogP) is 2.42. The van der Waals surface area contributed by atoms with Crippen LogP contribution in [0.2, 0.25) is 0 Å². The number of benzene rings is 2. The van der Waals surface area contributed by atoms with Gasteiger partial charge in [0.1, 0.15) is 5.82 Å². The molecular weight excluding hydrogens is 343 g/mol. The van der Waals surface area contributed by atoms with Gasteiger partial charge in [0.05, 0.1) is 11.9 Å². The van der Waals surface area contributed by atoms with Gasteiger partial charge in [0.25, 0.3) is 5.91 Å². The SMILES string of the molecule is CN(Cc1ccccc1F)C(=O)c1ccc2c(c1)CCN2S(C)(=O)=O. The van der Waals surface area contributed by atoms with Crippen LogP contribution in [0.15, 0.2) is 42.5 Å². The van der Waals surface area contributed by atoms with Crippen LogP contribution in [0.5, 0.6) is 0 Å². The van der Waals surface area contributed by atoms with E-state index in [4.69, 9.17) is 0 Å². The smallest absolute Gasteiger partial charge is 0.253 e. The third kappa shape index (κ3) is 3.51. The maximum atomic E-state index is 13.8. The van der Waals surface area contributed by atoms with Gasteiger partial charge < -0.3 is 4.90 Å². The monoisotopic (exact) mass is 362 g/mol. The summed E-state index contributed by atoms with van der Waals surface area (Å²) in [6, 6.07) is 11.3. The zero-order valence-corrected chi connectivity index (χ0v) is 14.9. The van der Waals surface area contributed by atoms with Crippen molar-refractivity contribution >= 4 is 21.6 Å². The standard InChI is InChI=1S/C18H19FN2O3S/c1-20(12-15-5-3-4-6-16(15)19)18(22)14-7-8-17-13(11-14)9-10-21(17)25(2,23)24/h3-8,11H,9-10,12H2,1-2H3. The predicted molar refractivity (Wildman–Crippen MR) is 94.5 cm³/mol. The Morgan fingerprint density at radius 3 is 2.64 bits per heavy atom. The molecule has 0 aromatic heterocycles. The highest BCUT2D eigenvalue weighted by Gasteiger charge is 2.27. The number of anilines is 1. The Kier molecular flexibility index (Phi) is 4.51. The minimum absolute atomic E-state index is 0.165. The summed E-state index contributed by atoms with van der Waals surface area (Å²) in [5.74, 6) is -0.580. The van der Waals surface area contributed by atoms with E-state index in [0.717, 1.165) is 5.56 Å². The molecule has 0 saturated heterocycles. The molecule has 0 fully saturated rings. The zero-order valence-electron chi connectivity index (χ0n) is 14.1. The molecule has 0 saturated carbocycles. The maximum absolute atomic E-state index is 13.8. The van der Waals surface area contributed by atoms with E-state index in [9.17, 15) is 17.6 Å². The normalized spacial score (nSPS) is 13.6. The first-order valence-corrected chi connectivity index (χ1v) is 9.71. The van der Waals surface area contributed by atoms with Gasteiger partial charge in [-0.25, -0.2) is 12.8 Å². The first-order chi connectivity index (χ1) is 11.8. The molecule has 132 valence electrons. The Hall–Kier alpha value is -2.41. The van der Waals surface area contributed by atoms with E-state index < -0.39 is 10.0 Å². The lowest BCUT2D eigenvalue weighted by Gasteiger charge is -2.19. The van der Waals surface area contributed by atoms with E-state index in [1.165, 1.54) is 21.5 Å². The van der Waals surface area contributed by atoms with Crippen molar-refractivity contribution in [3.63, 3.8) is 0 Å². The molecule has 3 rings (SSSR count). The molecule has 0 unspecified atom stereocenters. The number of halogens is 1. The minimum Gasteiger partial charge on any atom is -0.337 e. The summed E-state index contributed by atoms with van der Waals surface area (Å²) in [6.07, 6.45) is 1.74. The van der Waals surface area contributed by atoms with Crippen LogP contribution >= 0.6 is 0 Å². The summed E-state index contributed by atoms with van der Waals surface area (Å²) in [6.45, 7) is 0.551. The second-order valence-electron chi connectivity index (χ2n) is 6.18. The highest BCUT2D eigenvalue weighted by molar-refractivity contribution is 7.92. The van der Waals surface area contributed by atoms with Crippen LogP contribution < -0.4 is 4.31 Å². The van der Waals surface area contributed by atoms with Crippen molar-refractivity contribution in [3.8, 4) is 0 Å². The summed E-state index contributed by atoms with van der Waals surface area (Å²) in [5.41, 5.74) is 2.36. The molecule has 0 radical (unpaired) electrons. The highest BCUT2D eigenvalue weighted by atomic mass is 32.2. The molecule has 0 spiro atoms. The molecule has 0 N–H and O–H groups in total. The number of carbonyl (C=O) groups is 1. The van der Waals surface area contributed by atoms with Gasteiger partial charge in [0.15, 0.2) is 0 Å². The first-order valence-electron chi connectivity index (χ1n) is 7.87. The lowest BCUT2D eigenvalue weighted by atomic mass is 10.1. The lowest BCUT2D eigenvalue weighted by Crippen LogP contribution is -2.28. The number of hydrogen-bond donors (Lipinski definition) is 0. The molecule has 5 nitrogen and oxygen atoms in total. The Morgan fingerprint density at radius 1 is 1.24 bits per heavy atom. The van der Waals surface area contributed by atoms with Crippen LogP contribution in [-0.4, -0.2) is 39.1 Å². The van der Waals surface area contributed by atoms with Crippen LogP contribution in [0.4, 0.5) is 10.1 Å². The van der Waals surface area contributed by atoms with Gasteiger partial charge >= 0.3 is 0 Å². The molecule has 0 atom stereocenters. The first kappa shape index (κ1) is 17.4. The zero-order chi connectivity index (χ0) is 18.2. The van der Waals surface area contributed by atoms with Gasteiger partial charge in [0, 0.05) is 31.3 Å². The summed E-state index contributed by atoms with van der Waals surface area (Å²) >= 11 is 0. The van der Waals surface area contributed by atoms with Gasteiger partial charge in [-0.2, -0.15) is 0 Å². The molecular formula is C18H19FN2O3S. The second kappa shape index (κ2) is 6.48. The minimum atomic E-state index is -3.31. The van der Waals surface area contributed by atoms with E-state index in [0.29, 0.717) is 29.8 Å². The molecule has 0 aliphatic carbocycles. The van der Waals surface area contributed by atoms with Crippen LogP contribution in [0.25, 0.3) is 0 Å². The van der Waals surface area contributed by atoms with Gasteiger partial charge in [-0.3, -0.25) is 9.10 Å². The van der Waals surface area contributed by atoms with E-state index in [-0.39, 0.29) is 18.3 Å². The van der Waals surface area contributed by atoms with Crippen molar-refractivity contribution < 1.29 is 17.6 Å². The number of amides is 1. The fourth-order valence-corrected chi connectivity index (χ4v) is 3.98. The second-order valence-corrected chi connectivity index (χ2v) is 8.09. The Labute approximate surface area is 146 Å². The number of sulfonamides is 1. The number of nitrogens with zero attached hydrogens (tertiary/aromatic N) is 2. The van der Waals surface area contributed by atoms with Crippen LogP contribution in [0.3, 0.4) is 0 Å². The Bertz CT molecular complexity index is 928. The molecule has 1 amide bonds. The molecule has 0 bridgehead atoms. The molecule has 7 heteroatoms. The van der Waals surface area contributed by atoms with E-state index in [2.05, 4.69) is 0 Å².